The molecule has 0 bridgehead atoms. The number of hydrogen-bond donors (Lipinski definition) is 4. The monoisotopic (exact) mass is 466 g/mol. The highest BCUT2D eigenvalue weighted by atomic mass is 35.5. The minimum Gasteiger partial charge on any atom is -0.490 e. The van der Waals surface area contributed by atoms with Crippen molar-refractivity contribution in [1.82, 2.24) is 5.06 Å². The number of hydrogen-bond acceptors (Lipinski definition) is 6. The van der Waals surface area contributed by atoms with Gasteiger partial charge in [0.15, 0.2) is 0 Å². The smallest absolute Gasteiger partial charge is 0.252 e. The van der Waals surface area contributed by atoms with Gasteiger partial charge in [0, 0.05) is 24.0 Å². The average molecular weight is 467 g/mol. The van der Waals surface area contributed by atoms with Gasteiger partial charge in [-0.2, -0.15) is 5.06 Å². The van der Waals surface area contributed by atoms with E-state index in [1.807, 2.05) is 0 Å². The van der Waals surface area contributed by atoms with Crippen molar-refractivity contribution in [1.29, 1.82) is 0 Å². The maximum absolute atomic E-state index is 13.2. The van der Waals surface area contributed by atoms with Gasteiger partial charge in [0.1, 0.15) is 18.2 Å². The molecule has 1 amide bonds. The topological polar surface area (TPSA) is 116 Å². The SMILES string of the molecule is NC(=O)c1ccc(Cl)cc1OCC(O)CC1(O)CCCN(O)C(Cc2ccc(F)cc2)C1. The number of carbonyl (C=O) groups excluding carboxylic acids is 1. The van der Waals surface area contributed by atoms with Crippen molar-refractivity contribution in [2.45, 2.75) is 49.9 Å². The van der Waals surface area contributed by atoms with E-state index in [0.717, 1.165) is 5.56 Å². The van der Waals surface area contributed by atoms with Gasteiger partial charge in [-0.25, -0.2) is 4.39 Å². The number of aliphatic hydroxyl groups is 2. The molecule has 7 nitrogen and oxygen atoms in total. The standard InChI is InChI=1S/C23H28ClFN2O5/c24-16-4-7-20(22(26)29)21(11-16)32-14-19(28)13-23(30)8-1-9-27(31)18(12-23)10-15-2-5-17(25)6-3-15/h2-7,11,18-19,28,30-31H,1,8-10,12-14H2,(H2,26,29). The summed E-state index contributed by atoms with van der Waals surface area (Å²) in [4.78, 5) is 11.6. The lowest BCUT2D eigenvalue weighted by Crippen LogP contribution is -2.42. The Kier molecular flexibility index (Phi) is 8.08. The molecule has 0 aliphatic carbocycles. The average Bonchev–Trinajstić information content (AvgIpc) is 2.86. The molecule has 0 spiro atoms. The number of nitrogens with zero attached hydrogens (tertiary/aromatic N) is 1. The van der Waals surface area contributed by atoms with Gasteiger partial charge < -0.3 is 25.9 Å². The predicted molar refractivity (Wildman–Crippen MR) is 117 cm³/mol. The Bertz CT molecular complexity index is 929. The number of ether oxygens (including phenoxy) is 1. The molecule has 0 radical (unpaired) electrons. The van der Waals surface area contributed by atoms with Crippen LogP contribution in [-0.4, -0.2) is 57.3 Å². The maximum Gasteiger partial charge on any atom is 0.252 e. The molecule has 3 rings (SSSR count). The predicted octanol–water partition coefficient (Wildman–Crippen LogP) is 2.93. The molecule has 1 heterocycles. The van der Waals surface area contributed by atoms with Crippen molar-refractivity contribution < 1.29 is 29.3 Å². The molecule has 3 atom stereocenters. The van der Waals surface area contributed by atoms with Crippen LogP contribution in [0.5, 0.6) is 5.75 Å². The summed E-state index contributed by atoms with van der Waals surface area (Å²) in [5.41, 5.74) is 5.09. The Balaban J connectivity index is 1.64. The third-order valence-corrected chi connectivity index (χ3v) is 5.94. The van der Waals surface area contributed by atoms with E-state index in [1.165, 1.54) is 35.4 Å². The van der Waals surface area contributed by atoms with Gasteiger partial charge in [0.25, 0.3) is 5.91 Å². The second-order valence-corrected chi connectivity index (χ2v) is 8.79. The summed E-state index contributed by atoms with van der Waals surface area (Å²) in [7, 11) is 0. The summed E-state index contributed by atoms with van der Waals surface area (Å²) in [5, 5.41) is 33.7. The number of amides is 1. The minimum absolute atomic E-state index is 0.0211. The Labute approximate surface area is 191 Å². The highest BCUT2D eigenvalue weighted by molar-refractivity contribution is 6.30. The van der Waals surface area contributed by atoms with Gasteiger partial charge in [-0.15, -0.1) is 0 Å². The van der Waals surface area contributed by atoms with E-state index in [9.17, 15) is 24.6 Å². The van der Waals surface area contributed by atoms with E-state index in [0.29, 0.717) is 30.8 Å². The third kappa shape index (κ3) is 6.63. The molecule has 0 saturated carbocycles. The van der Waals surface area contributed by atoms with Gasteiger partial charge in [-0.05, 0) is 61.6 Å². The number of nitrogens with two attached hydrogens (primary N) is 1. The van der Waals surface area contributed by atoms with Gasteiger partial charge in [0.05, 0.1) is 17.3 Å². The molecule has 2 aromatic rings. The van der Waals surface area contributed by atoms with E-state index >= 15 is 0 Å². The van der Waals surface area contributed by atoms with Crippen LogP contribution in [0.15, 0.2) is 42.5 Å². The van der Waals surface area contributed by atoms with Gasteiger partial charge in [-0.3, -0.25) is 4.79 Å². The van der Waals surface area contributed by atoms with E-state index < -0.39 is 23.7 Å². The van der Waals surface area contributed by atoms with Crippen molar-refractivity contribution in [3.63, 3.8) is 0 Å². The van der Waals surface area contributed by atoms with Crippen LogP contribution in [0.25, 0.3) is 0 Å². The molecule has 5 N–H and O–H groups in total. The molecule has 0 aromatic heterocycles. The summed E-state index contributed by atoms with van der Waals surface area (Å²) in [5.74, 6) is -0.859. The van der Waals surface area contributed by atoms with Gasteiger partial charge >= 0.3 is 0 Å². The fraction of sp³-hybridized carbons (Fsp3) is 0.435. The lowest BCUT2D eigenvalue weighted by molar-refractivity contribution is -0.134. The van der Waals surface area contributed by atoms with Crippen LogP contribution in [0.1, 0.15) is 41.6 Å². The zero-order valence-electron chi connectivity index (χ0n) is 17.6. The molecule has 9 heteroatoms. The van der Waals surface area contributed by atoms with Crippen LogP contribution in [0.2, 0.25) is 5.02 Å². The summed E-state index contributed by atoms with van der Waals surface area (Å²) in [6, 6.07) is 10.0. The minimum atomic E-state index is -1.23. The van der Waals surface area contributed by atoms with Crippen LogP contribution in [0, 0.1) is 5.82 Å². The second-order valence-electron chi connectivity index (χ2n) is 8.35. The van der Waals surface area contributed by atoms with Crippen molar-refractivity contribution in [2.24, 2.45) is 5.73 Å². The Morgan fingerprint density at radius 2 is 2.03 bits per heavy atom. The van der Waals surface area contributed by atoms with E-state index in [1.54, 1.807) is 12.1 Å². The Morgan fingerprint density at radius 3 is 2.72 bits per heavy atom. The number of carbonyl (C=O) groups is 1. The van der Waals surface area contributed by atoms with E-state index in [4.69, 9.17) is 22.1 Å². The van der Waals surface area contributed by atoms with Crippen LogP contribution in [0.3, 0.4) is 0 Å². The quantitative estimate of drug-likeness (QED) is 0.475. The fourth-order valence-corrected chi connectivity index (χ4v) is 4.32. The molecule has 2 aromatic carbocycles. The molecule has 32 heavy (non-hydrogen) atoms. The maximum atomic E-state index is 13.2. The molecular weight excluding hydrogens is 439 g/mol. The van der Waals surface area contributed by atoms with Crippen molar-refractivity contribution in [2.75, 3.05) is 13.2 Å². The summed E-state index contributed by atoms with van der Waals surface area (Å²) >= 11 is 5.95. The largest absolute Gasteiger partial charge is 0.490 e. The second kappa shape index (κ2) is 10.6. The molecule has 3 unspecified atom stereocenters. The summed E-state index contributed by atoms with van der Waals surface area (Å²) < 4.78 is 18.8. The first kappa shape index (κ1) is 24.4. The molecule has 1 saturated heterocycles. The first-order valence-electron chi connectivity index (χ1n) is 10.5. The fourth-order valence-electron chi connectivity index (χ4n) is 4.16. The third-order valence-electron chi connectivity index (χ3n) is 5.71. The summed E-state index contributed by atoms with van der Waals surface area (Å²) in [6.45, 7) is 0.208. The Morgan fingerprint density at radius 1 is 1.31 bits per heavy atom. The Hall–Kier alpha value is -2.23. The van der Waals surface area contributed by atoms with Gasteiger partial charge in [0.2, 0.25) is 0 Å². The number of rotatable bonds is 8. The molecule has 1 aliphatic heterocycles. The zero-order chi connectivity index (χ0) is 23.3. The highest BCUT2D eigenvalue weighted by Crippen LogP contribution is 2.32. The molecule has 1 aliphatic rings. The lowest BCUT2D eigenvalue weighted by atomic mass is 9.85. The van der Waals surface area contributed by atoms with Gasteiger partial charge in [-0.1, -0.05) is 23.7 Å². The highest BCUT2D eigenvalue weighted by Gasteiger charge is 2.37. The van der Waals surface area contributed by atoms with Crippen molar-refractivity contribution in [3.05, 3.63) is 64.4 Å². The summed E-state index contributed by atoms with van der Waals surface area (Å²) in [6.07, 6.45) is 0.576. The van der Waals surface area contributed by atoms with Crippen LogP contribution in [0.4, 0.5) is 4.39 Å². The number of hydroxylamine groups is 2. The number of benzene rings is 2. The van der Waals surface area contributed by atoms with Crippen LogP contribution in [-0.2, 0) is 6.42 Å². The van der Waals surface area contributed by atoms with Crippen molar-refractivity contribution >= 4 is 17.5 Å². The van der Waals surface area contributed by atoms with E-state index in [2.05, 4.69) is 0 Å². The number of aliphatic hydroxyl groups excluding tert-OH is 1. The van der Waals surface area contributed by atoms with Crippen LogP contribution >= 0.6 is 11.6 Å². The normalized spacial score (nSPS) is 22.8. The molecular formula is C23H28ClFN2O5. The lowest BCUT2D eigenvalue weighted by Gasteiger charge is -2.33. The first-order valence-corrected chi connectivity index (χ1v) is 10.9. The van der Waals surface area contributed by atoms with Crippen LogP contribution < -0.4 is 10.5 Å². The number of primary amides is 1. The number of halogens is 2. The molecule has 1 fully saturated rings. The molecule has 174 valence electrons. The van der Waals surface area contributed by atoms with Crippen molar-refractivity contribution in [3.8, 4) is 5.75 Å². The van der Waals surface area contributed by atoms with E-state index in [-0.39, 0.29) is 36.6 Å². The zero-order valence-corrected chi connectivity index (χ0v) is 18.3. The first-order chi connectivity index (χ1) is 15.1.